The van der Waals surface area contributed by atoms with Crippen molar-refractivity contribution < 1.29 is 5.11 Å². The highest BCUT2D eigenvalue weighted by molar-refractivity contribution is 5.45. The molecule has 122 valence electrons. The second-order valence-electron chi connectivity index (χ2n) is 5.95. The number of nitrogens with zero attached hydrogens (tertiary/aromatic N) is 1. The molecule has 23 heavy (non-hydrogen) atoms. The first-order chi connectivity index (χ1) is 11.4. The Morgan fingerprint density at radius 1 is 1.00 bits per heavy atom. The van der Waals surface area contributed by atoms with E-state index in [1.807, 2.05) is 6.07 Å². The molecule has 1 aliphatic rings. The topological polar surface area (TPSA) is 47.5 Å². The summed E-state index contributed by atoms with van der Waals surface area (Å²) < 4.78 is 0. The summed E-state index contributed by atoms with van der Waals surface area (Å²) in [4.78, 5) is 2.35. The molecule has 0 unspecified atom stereocenters. The van der Waals surface area contributed by atoms with Crippen LogP contribution < -0.4 is 10.6 Å². The predicted molar refractivity (Wildman–Crippen MR) is 94.5 cm³/mol. The van der Waals surface area contributed by atoms with E-state index in [-0.39, 0.29) is 12.6 Å². The molecule has 0 aliphatic carbocycles. The molecule has 3 N–H and O–H groups in total. The lowest BCUT2D eigenvalue weighted by Gasteiger charge is -2.34. The molecule has 4 heteroatoms. The van der Waals surface area contributed by atoms with Crippen LogP contribution in [0.1, 0.15) is 17.2 Å². The van der Waals surface area contributed by atoms with E-state index in [0.29, 0.717) is 0 Å². The zero-order valence-corrected chi connectivity index (χ0v) is 13.4. The molecule has 2 aromatic rings. The number of anilines is 1. The quantitative estimate of drug-likeness (QED) is 0.766. The maximum absolute atomic E-state index is 9.78. The molecule has 1 saturated heterocycles. The van der Waals surface area contributed by atoms with E-state index < -0.39 is 0 Å². The van der Waals surface area contributed by atoms with Crippen LogP contribution >= 0.6 is 0 Å². The molecule has 1 fully saturated rings. The number of rotatable bonds is 6. The lowest BCUT2D eigenvalue weighted by Crippen LogP contribution is -2.46. The summed E-state index contributed by atoms with van der Waals surface area (Å²) in [6.45, 7) is 4.94. The molecule has 3 rings (SSSR count). The largest absolute Gasteiger partial charge is 0.394 e. The fraction of sp³-hybridized carbons (Fsp3) is 0.368. The number of aliphatic hydroxyl groups is 1. The van der Waals surface area contributed by atoms with Gasteiger partial charge in [0.25, 0.3) is 0 Å². The van der Waals surface area contributed by atoms with Gasteiger partial charge in [0, 0.05) is 38.4 Å². The minimum absolute atomic E-state index is 0.0975. The fourth-order valence-corrected chi connectivity index (χ4v) is 3.05. The molecular formula is C19H25N3O. The molecule has 0 bridgehead atoms. The second-order valence-corrected chi connectivity index (χ2v) is 5.95. The van der Waals surface area contributed by atoms with Crippen molar-refractivity contribution in [2.24, 2.45) is 0 Å². The Balaban J connectivity index is 1.61. The number of benzene rings is 2. The molecule has 2 aromatic carbocycles. The highest BCUT2D eigenvalue weighted by Crippen LogP contribution is 2.22. The average molecular weight is 311 g/mol. The van der Waals surface area contributed by atoms with Crippen molar-refractivity contribution in [3.63, 3.8) is 0 Å². The summed E-state index contributed by atoms with van der Waals surface area (Å²) in [6, 6.07) is 18.9. The Morgan fingerprint density at radius 3 is 2.35 bits per heavy atom. The van der Waals surface area contributed by atoms with Gasteiger partial charge in [0.05, 0.1) is 12.6 Å². The molecule has 0 spiro atoms. The van der Waals surface area contributed by atoms with Gasteiger partial charge in [0.1, 0.15) is 0 Å². The lowest BCUT2D eigenvalue weighted by molar-refractivity contribution is 0.111. The van der Waals surface area contributed by atoms with Gasteiger partial charge < -0.3 is 15.7 Å². The predicted octanol–water partition coefficient (Wildman–Crippen LogP) is 2.24. The minimum atomic E-state index is 0.0975. The Hall–Kier alpha value is -1.88. The van der Waals surface area contributed by atoms with E-state index in [1.165, 1.54) is 11.1 Å². The van der Waals surface area contributed by atoms with Crippen molar-refractivity contribution in [1.29, 1.82) is 0 Å². The van der Waals surface area contributed by atoms with Crippen LogP contribution in [0.4, 0.5) is 5.69 Å². The van der Waals surface area contributed by atoms with Crippen molar-refractivity contribution >= 4 is 5.69 Å². The van der Waals surface area contributed by atoms with Crippen molar-refractivity contribution in [2.45, 2.75) is 12.6 Å². The molecule has 1 aliphatic heterocycles. The summed E-state index contributed by atoms with van der Waals surface area (Å²) in [5, 5.41) is 16.6. The van der Waals surface area contributed by atoms with Gasteiger partial charge in [0.2, 0.25) is 0 Å². The normalized spacial score (nSPS) is 16.9. The lowest BCUT2D eigenvalue weighted by atomic mass is 10.0. The molecule has 0 aromatic heterocycles. The Kier molecular flexibility index (Phi) is 5.64. The van der Waals surface area contributed by atoms with Gasteiger partial charge in [-0.1, -0.05) is 42.5 Å². The molecule has 4 nitrogen and oxygen atoms in total. The van der Waals surface area contributed by atoms with Gasteiger partial charge in [-0.15, -0.1) is 0 Å². The molecule has 0 radical (unpaired) electrons. The van der Waals surface area contributed by atoms with E-state index in [2.05, 4.69) is 64.1 Å². The summed E-state index contributed by atoms with van der Waals surface area (Å²) >= 11 is 0. The maximum Gasteiger partial charge on any atom is 0.0628 e. The van der Waals surface area contributed by atoms with Gasteiger partial charge in [-0.05, 0) is 23.3 Å². The standard InChI is InChI=1S/C19H25N3O/c23-15-19(22-12-10-20-11-13-22)17-6-8-18(9-7-17)21-14-16-4-2-1-3-5-16/h1-9,19-21,23H,10-15H2/t19-/m1/s1. The molecule has 1 atom stereocenters. The number of piperazine rings is 1. The van der Waals surface area contributed by atoms with Crippen LogP contribution in [-0.4, -0.2) is 42.8 Å². The Bertz CT molecular complexity index is 579. The SMILES string of the molecule is OC[C@H](c1ccc(NCc2ccccc2)cc1)N1CCNCC1. The number of hydrogen-bond donors (Lipinski definition) is 3. The van der Waals surface area contributed by atoms with Gasteiger partial charge in [-0.2, -0.15) is 0 Å². The first kappa shape index (κ1) is 16.0. The number of aliphatic hydroxyl groups excluding tert-OH is 1. The van der Waals surface area contributed by atoms with Crippen LogP contribution in [0, 0.1) is 0 Å². The third-order valence-corrected chi connectivity index (χ3v) is 4.40. The van der Waals surface area contributed by atoms with E-state index in [0.717, 1.165) is 38.4 Å². The second kappa shape index (κ2) is 8.11. The maximum atomic E-state index is 9.78. The van der Waals surface area contributed by atoms with Crippen molar-refractivity contribution in [3.8, 4) is 0 Å². The van der Waals surface area contributed by atoms with E-state index in [9.17, 15) is 5.11 Å². The van der Waals surface area contributed by atoms with Crippen molar-refractivity contribution in [3.05, 3.63) is 65.7 Å². The summed E-state index contributed by atoms with van der Waals surface area (Å²) in [7, 11) is 0. The zero-order chi connectivity index (χ0) is 15.9. The van der Waals surface area contributed by atoms with Crippen LogP contribution in [0.5, 0.6) is 0 Å². The Labute approximate surface area is 138 Å². The molecule has 0 saturated carbocycles. The summed E-state index contributed by atoms with van der Waals surface area (Å²) in [5.74, 6) is 0. The van der Waals surface area contributed by atoms with Crippen LogP contribution in [0.2, 0.25) is 0 Å². The third kappa shape index (κ3) is 4.32. The van der Waals surface area contributed by atoms with E-state index >= 15 is 0 Å². The van der Waals surface area contributed by atoms with Crippen molar-refractivity contribution in [2.75, 3.05) is 38.1 Å². The van der Waals surface area contributed by atoms with Crippen LogP contribution in [-0.2, 0) is 6.54 Å². The third-order valence-electron chi connectivity index (χ3n) is 4.40. The van der Waals surface area contributed by atoms with Crippen LogP contribution in [0.25, 0.3) is 0 Å². The number of hydrogen-bond acceptors (Lipinski definition) is 4. The van der Waals surface area contributed by atoms with E-state index in [1.54, 1.807) is 0 Å². The van der Waals surface area contributed by atoms with Crippen LogP contribution in [0.3, 0.4) is 0 Å². The fourth-order valence-electron chi connectivity index (χ4n) is 3.05. The molecular weight excluding hydrogens is 286 g/mol. The smallest absolute Gasteiger partial charge is 0.0628 e. The van der Waals surface area contributed by atoms with E-state index in [4.69, 9.17) is 0 Å². The molecule has 1 heterocycles. The molecule has 0 amide bonds. The number of nitrogens with one attached hydrogen (secondary N) is 2. The Morgan fingerprint density at radius 2 is 1.70 bits per heavy atom. The summed E-state index contributed by atoms with van der Waals surface area (Å²) in [5.41, 5.74) is 3.56. The van der Waals surface area contributed by atoms with Gasteiger partial charge in [-0.3, -0.25) is 4.90 Å². The average Bonchev–Trinajstić information content (AvgIpc) is 2.63. The minimum Gasteiger partial charge on any atom is -0.394 e. The monoisotopic (exact) mass is 311 g/mol. The summed E-state index contributed by atoms with van der Waals surface area (Å²) in [6.07, 6.45) is 0. The first-order valence-electron chi connectivity index (χ1n) is 8.30. The van der Waals surface area contributed by atoms with Gasteiger partial charge in [0.15, 0.2) is 0 Å². The van der Waals surface area contributed by atoms with Gasteiger partial charge in [-0.25, -0.2) is 0 Å². The van der Waals surface area contributed by atoms with Crippen LogP contribution in [0.15, 0.2) is 54.6 Å². The highest BCUT2D eigenvalue weighted by Gasteiger charge is 2.21. The first-order valence-corrected chi connectivity index (χ1v) is 8.30. The van der Waals surface area contributed by atoms with Gasteiger partial charge >= 0.3 is 0 Å². The van der Waals surface area contributed by atoms with Crippen molar-refractivity contribution in [1.82, 2.24) is 10.2 Å². The highest BCUT2D eigenvalue weighted by atomic mass is 16.3. The zero-order valence-electron chi connectivity index (χ0n) is 13.4.